The number of fused-ring (bicyclic) bond motifs is 5. The molecule has 4 unspecified atom stereocenters. The molecular weight excluding hydrogens is 1970 g/mol. The summed E-state index contributed by atoms with van der Waals surface area (Å²) in [6.45, 7) is 9.77. The van der Waals surface area contributed by atoms with Crippen LogP contribution in [-0.2, 0) is 94.8 Å². The van der Waals surface area contributed by atoms with Gasteiger partial charge in [0.2, 0.25) is 12.2 Å². The van der Waals surface area contributed by atoms with Crippen LogP contribution in [0.5, 0.6) is 28.7 Å². The Bertz CT molecular complexity index is 7860. The molecule has 0 saturated heterocycles. The summed E-state index contributed by atoms with van der Waals surface area (Å²) in [5.41, 5.74) is 40.8. The number of nitrogens with two attached hydrogens (primary N) is 6. The first-order chi connectivity index (χ1) is 70.6. The number of ketones is 5. The lowest BCUT2D eigenvalue weighted by molar-refractivity contribution is -0.159. The van der Waals surface area contributed by atoms with Crippen molar-refractivity contribution < 1.29 is 160 Å². The Morgan fingerprint density at radius 1 is 0.289 bits per heavy atom. The van der Waals surface area contributed by atoms with Crippen molar-refractivity contribution in [2.24, 2.45) is 34.4 Å². The molecule has 0 fully saturated rings. The van der Waals surface area contributed by atoms with E-state index in [9.17, 15) is 116 Å². The number of amides is 5. The monoisotopic (exact) mass is 2060 g/mol. The molecule has 21 N–H and O–H groups in total. The van der Waals surface area contributed by atoms with E-state index in [-0.39, 0.29) is 84.7 Å². The molecule has 5 amide bonds. The largest absolute Gasteiger partial charge is 0.481 e. The van der Waals surface area contributed by atoms with Crippen molar-refractivity contribution in [3.05, 3.63) is 327 Å². The standard InChI is InChI=1S/C22H20N2O7.C21H21N3O5.C21H18N2O7.C20H17FN2O5.C20H19N2O8P/c1-12-18(20(27)21(23)28)19-14(24(12)11-13-6-3-2-4-7-13)8-5-9-15(19)31-16(22(29)30)10-17(25)26;1-12-17(19(25)20(23)26)18-14(24(12)11-13-6-3-2-4-7-13)8-5-9-15(18)29-16(10-22)21(27)28;1-11-15(17(24)19(22)25)16-13(23(11)10-12-6-3-2-4-7-12)8-5-9-14(16)30-18(20(26)27)21(28)29;1-11-15(17(24)19(22)25)16-13(23(11)10-12-6-3-2-4-7-12)8-5-9-14(16)28-18(21)20(26)27;1-11-15(17(23)18(21)24)16-13(22(11)10-12-6-3-2-4-7-12)8-5-9-14(16)30-20(19(25)26)31(27,28)29/h2-9,16H,10-11H2,1H3,(H2,23,28)(H,25,26)(H,29,30);2-9,16H,10-11,22H2,1H3,(H2,23,26)(H,27,28);2-9,18H,10H2,1H3,(H2,22,25)(H,26,27)(H,28,29);2-9,18H,10H2,1H3,(H2,22,25)(H,26,27);2-9,20H,10H2,1H3,(H2,21,24)(H,25,26)(H2,27,28,29). The quantitative estimate of drug-likeness (QED) is 0.00736. The fraction of sp³-hybridized carbons (Fsp3) is 0.163. The van der Waals surface area contributed by atoms with Crippen molar-refractivity contribution >= 4 is 162 Å². The fourth-order valence-electron chi connectivity index (χ4n) is 16.5. The fourth-order valence-corrected chi connectivity index (χ4v) is 17.1. The molecular formula is C104H95FN11O32P. The zero-order valence-corrected chi connectivity index (χ0v) is 80.3. The molecule has 4 atom stereocenters. The summed E-state index contributed by atoms with van der Waals surface area (Å²) < 4.78 is 60.5. The zero-order chi connectivity index (χ0) is 109. The van der Waals surface area contributed by atoms with Gasteiger partial charge in [0.1, 0.15) is 28.7 Å². The summed E-state index contributed by atoms with van der Waals surface area (Å²) in [7, 11) is -5.20. The highest BCUT2D eigenvalue weighted by Crippen LogP contribution is 2.46. The van der Waals surface area contributed by atoms with Gasteiger partial charge < -0.3 is 126 Å². The van der Waals surface area contributed by atoms with Crippen LogP contribution in [0, 0.1) is 34.6 Å². The van der Waals surface area contributed by atoms with E-state index < -0.39 is 145 Å². The van der Waals surface area contributed by atoms with E-state index in [4.69, 9.17) is 78.5 Å². The number of carbonyl (C=O) groups excluding carboxylic acids is 10. The maximum Gasteiger partial charge on any atom is 0.378 e. The Hall–Kier alpha value is -19.1. The SMILES string of the molecule is Cc1c(C(=O)C(N)=O)c2c(OC(C(=O)O)C(=O)O)cccc2n1Cc1ccccc1.Cc1c(C(=O)C(N)=O)c2c(OC(C(=O)O)P(=O)(O)O)cccc2n1Cc1ccccc1.Cc1c(C(=O)C(N)=O)c2c(OC(CC(=O)O)C(=O)O)cccc2n1Cc1ccccc1.Cc1c(C(=O)C(N)=O)c2c(OC(CN)C(=O)O)cccc2n1Cc1ccccc1.Cc1c(C(=O)C(N)=O)c2c(OC(F)C(=O)O)cccc2n1Cc1ccccc1. The average Bonchev–Trinajstić information content (AvgIpc) is 1.62. The number of carboxylic acids is 7. The number of hydrogen-bond acceptors (Lipinski definition) is 24. The third kappa shape index (κ3) is 25.2. The lowest BCUT2D eigenvalue weighted by atomic mass is 10.1. The molecule has 15 rings (SSSR count). The molecule has 43 nitrogen and oxygen atoms in total. The second kappa shape index (κ2) is 47.9. The number of primary amides is 5. The van der Waals surface area contributed by atoms with E-state index in [1.54, 1.807) is 101 Å². The normalized spacial score (nSPS) is 11.8. The third-order valence-corrected chi connectivity index (χ3v) is 24.2. The molecule has 5 aromatic heterocycles. The van der Waals surface area contributed by atoms with E-state index in [1.165, 1.54) is 42.5 Å². The molecule has 0 spiro atoms. The molecule has 770 valence electrons. The molecule has 5 heterocycles. The van der Waals surface area contributed by atoms with Crippen molar-refractivity contribution in [3.63, 3.8) is 0 Å². The Kier molecular flexibility index (Phi) is 35.4. The van der Waals surface area contributed by atoms with E-state index >= 15 is 0 Å². The van der Waals surface area contributed by atoms with Gasteiger partial charge in [0, 0.05) is 67.7 Å². The second-order valence-electron chi connectivity index (χ2n) is 32.9. The minimum atomic E-state index is -5.20. The Morgan fingerprint density at radius 3 is 0.705 bits per heavy atom. The Balaban J connectivity index is 0.000000177. The first-order valence-corrected chi connectivity index (χ1v) is 46.1. The van der Waals surface area contributed by atoms with Gasteiger partial charge in [-0.05, 0) is 123 Å². The number of alkyl halides is 1. The number of rotatable bonds is 40. The summed E-state index contributed by atoms with van der Waals surface area (Å²) in [5, 5.41) is 64.7. The predicted molar refractivity (Wildman–Crippen MR) is 531 cm³/mol. The highest BCUT2D eigenvalue weighted by Gasteiger charge is 2.41. The summed E-state index contributed by atoms with van der Waals surface area (Å²) >= 11 is 0. The number of ether oxygens (including phenoxy) is 5. The summed E-state index contributed by atoms with van der Waals surface area (Å²) in [5.74, 6) is -24.8. The first-order valence-electron chi connectivity index (χ1n) is 44.4. The number of aromatic nitrogens is 5. The molecule has 149 heavy (non-hydrogen) atoms. The van der Waals surface area contributed by atoms with Crippen LogP contribution in [-0.4, -0.2) is 206 Å². The van der Waals surface area contributed by atoms with Gasteiger partial charge in [-0.3, -0.25) is 57.3 Å². The van der Waals surface area contributed by atoms with Crippen LogP contribution in [0.1, 0.15) is 114 Å². The number of Topliss-reactive ketones (excluding diaryl/α,β-unsaturated/α-hetero) is 5. The minimum Gasteiger partial charge on any atom is -0.481 e. The van der Waals surface area contributed by atoms with Gasteiger partial charge in [-0.1, -0.05) is 182 Å². The predicted octanol–water partition coefficient (Wildman–Crippen LogP) is 9.07. The maximum atomic E-state index is 13.7. The number of aliphatic carboxylic acids is 7. The van der Waals surface area contributed by atoms with Crippen LogP contribution in [0.15, 0.2) is 243 Å². The average molecular weight is 2060 g/mol. The molecule has 0 bridgehead atoms. The third-order valence-electron chi connectivity index (χ3n) is 23.3. The van der Waals surface area contributed by atoms with Crippen molar-refractivity contribution in [2.75, 3.05) is 6.54 Å². The van der Waals surface area contributed by atoms with Crippen molar-refractivity contribution in [3.8, 4) is 28.7 Å². The maximum absolute atomic E-state index is 13.7. The highest BCUT2D eigenvalue weighted by molar-refractivity contribution is 7.53. The van der Waals surface area contributed by atoms with Crippen molar-refractivity contribution in [1.82, 2.24) is 22.8 Å². The van der Waals surface area contributed by atoms with Crippen LogP contribution < -0.4 is 58.1 Å². The van der Waals surface area contributed by atoms with E-state index in [2.05, 4.69) is 0 Å². The zero-order valence-electron chi connectivity index (χ0n) is 79.4. The molecule has 0 aliphatic carbocycles. The van der Waals surface area contributed by atoms with E-state index in [0.717, 1.165) is 27.8 Å². The van der Waals surface area contributed by atoms with Gasteiger partial charge in [0.15, 0.2) is 0 Å². The van der Waals surface area contributed by atoms with Gasteiger partial charge in [0.25, 0.3) is 70.4 Å². The van der Waals surface area contributed by atoms with Crippen LogP contribution in [0.25, 0.3) is 54.5 Å². The highest BCUT2D eigenvalue weighted by atomic mass is 31.2. The molecule has 10 aromatic carbocycles. The van der Waals surface area contributed by atoms with Crippen molar-refractivity contribution in [1.29, 1.82) is 0 Å². The summed E-state index contributed by atoms with van der Waals surface area (Å²) in [6, 6.07) is 70.0. The Morgan fingerprint density at radius 2 is 0.510 bits per heavy atom. The lowest BCUT2D eigenvalue weighted by Gasteiger charge is -2.17. The number of carboxylic acid groups (broad SMARTS) is 7. The molecule has 0 saturated carbocycles. The number of nitrogens with zero attached hydrogens (tertiary/aromatic N) is 5. The Labute approximate surface area is 841 Å². The molecule has 0 radical (unpaired) electrons. The number of hydrogen-bond donors (Lipinski definition) is 15. The van der Waals surface area contributed by atoms with Gasteiger partial charge in [-0.15, -0.1) is 0 Å². The topological polar surface area (TPSA) is 716 Å². The van der Waals surface area contributed by atoms with Crippen molar-refractivity contribution in [2.45, 2.75) is 104 Å². The summed E-state index contributed by atoms with van der Waals surface area (Å²) in [4.78, 5) is 218. The number of carbonyl (C=O) groups is 17. The van der Waals surface area contributed by atoms with Crippen LogP contribution in [0.4, 0.5) is 4.39 Å². The van der Waals surface area contributed by atoms with Gasteiger partial charge >= 0.3 is 55.7 Å². The van der Waals surface area contributed by atoms with E-state index in [0.29, 0.717) is 94.2 Å². The van der Waals surface area contributed by atoms with Gasteiger partial charge in [-0.2, -0.15) is 4.39 Å². The van der Waals surface area contributed by atoms with Crippen LogP contribution in [0.2, 0.25) is 0 Å². The second-order valence-corrected chi connectivity index (χ2v) is 34.6. The molecule has 0 aliphatic rings. The minimum absolute atomic E-state index is 0.00602. The first kappa shape index (κ1) is 110. The number of benzene rings is 10. The van der Waals surface area contributed by atoms with Gasteiger partial charge in [0.05, 0.1) is 88.8 Å². The molecule has 15 aromatic rings. The summed E-state index contributed by atoms with van der Waals surface area (Å²) in [6.07, 6.45) is -8.58. The lowest BCUT2D eigenvalue weighted by Crippen LogP contribution is -2.35. The molecule has 45 heteroatoms. The van der Waals surface area contributed by atoms with Crippen LogP contribution >= 0.6 is 7.60 Å². The van der Waals surface area contributed by atoms with Gasteiger partial charge in [-0.25, -0.2) is 28.8 Å². The smallest absolute Gasteiger partial charge is 0.378 e. The van der Waals surface area contributed by atoms with Crippen LogP contribution in [0.3, 0.4) is 0 Å². The molecule has 0 aliphatic heterocycles. The van der Waals surface area contributed by atoms with E-state index in [1.807, 2.05) is 156 Å². The number of halogens is 1.